The number of likely N-dealkylation sites (N-methyl/N-ethyl adjacent to an activating group) is 1. The molecule has 22 heavy (non-hydrogen) atoms. The Morgan fingerprint density at radius 3 is 2.91 bits per heavy atom. The van der Waals surface area contributed by atoms with Crippen LogP contribution in [0.4, 0.5) is 4.79 Å². The Morgan fingerprint density at radius 2 is 2.27 bits per heavy atom. The second-order valence-corrected chi connectivity index (χ2v) is 5.28. The normalized spacial score (nSPS) is 22.7. The quantitative estimate of drug-likeness (QED) is 0.232. The minimum atomic E-state index is -0.346. The molecule has 2 heterocycles. The standard InChI is InChI=1S/C13H24N6O2.HI/c1-2-18-6-3-4-10(18)8-16-12(14)15-5-7-19-11(20)9-17-13(19)21;/h10H,2-9H2,1H3,(H,17,21)(H3,14,15,16);1H. The lowest BCUT2D eigenvalue weighted by atomic mass is 10.2. The molecule has 0 aromatic carbocycles. The Morgan fingerprint density at radius 1 is 1.50 bits per heavy atom. The van der Waals surface area contributed by atoms with Crippen LogP contribution in [0.1, 0.15) is 19.8 Å². The second kappa shape index (κ2) is 9.13. The topological polar surface area (TPSA) is 103 Å². The molecule has 0 bridgehead atoms. The maximum Gasteiger partial charge on any atom is 0.324 e. The van der Waals surface area contributed by atoms with Gasteiger partial charge in [0.1, 0.15) is 0 Å². The van der Waals surface area contributed by atoms with Crippen molar-refractivity contribution in [3.63, 3.8) is 0 Å². The van der Waals surface area contributed by atoms with E-state index in [2.05, 4.69) is 27.4 Å². The zero-order valence-electron chi connectivity index (χ0n) is 12.9. The van der Waals surface area contributed by atoms with Crippen LogP contribution in [0.25, 0.3) is 0 Å². The van der Waals surface area contributed by atoms with Gasteiger partial charge in [0.05, 0.1) is 13.1 Å². The molecule has 126 valence electrons. The monoisotopic (exact) mass is 424 g/mol. The molecule has 2 rings (SSSR count). The molecule has 8 nitrogen and oxygen atoms in total. The van der Waals surface area contributed by atoms with Gasteiger partial charge >= 0.3 is 6.03 Å². The Bertz CT molecular complexity index is 415. The largest absolute Gasteiger partial charge is 0.370 e. The molecule has 0 aliphatic carbocycles. The lowest BCUT2D eigenvalue weighted by Crippen LogP contribution is -2.41. The fraction of sp³-hybridized carbons (Fsp3) is 0.769. The van der Waals surface area contributed by atoms with Crippen LogP contribution >= 0.6 is 24.0 Å². The summed E-state index contributed by atoms with van der Waals surface area (Å²) in [5.41, 5.74) is 5.81. The average molecular weight is 424 g/mol. The molecule has 0 saturated carbocycles. The molecule has 2 saturated heterocycles. The van der Waals surface area contributed by atoms with Gasteiger partial charge in [0.25, 0.3) is 0 Å². The van der Waals surface area contributed by atoms with Gasteiger partial charge in [-0.05, 0) is 25.9 Å². The minimum absolute atomic E-state index is 0. The summed E-state index contributed by atoms with van der Waals surface area (Å²) in [4.78, 5) is 30.6. The van der Waals surface area contributed by atoms with Crippen LogP contribution < -0.4 is 16.4 Å². The van der Waals surface area contributed by atoms with Crippen molar-refractivity contribution in [2.45, 2.75) is 25.8 Å². The second-order valence-electron chi connectivity index (χ2n) is 5.28. The number of nitrogens with zero attached hydrogens (tertiary/aromatic N) is 3. The molecule has 0 aromatic rings. The third-order valence-corrected chi connectivity index (χ3v) is 3.96. The summed E-state index contributed by atoms with van der Waals surface area (Å²) in [6.07, 6.45) is 2.38. The van der Waals surface area contributed by atoms with Gasteiger partial charge in [-0.15, -0.1) is 24.0 Å². The SMILES string of the molecule is CCN1CCCC1CN=C(N)NCCN1C(=O)CNC1=O.I. The number of hydrogen-bond donors (Lipinski definition) is 3. The highest BCUT2D eigenvalue weighted by Crippen LogP contribution is 2.16. The van der Waals surface area contributed by atoms with Gasteiger partial charge in [0.2, 0.25) is 5.91 Å². The van der Waals surface area contributed by atoms with Gasteiger partial charge < -0.3 is 16.4 Å². The van der Waals surface area contributed by atoms with Crippen molar-refractivity contribution in [1.29, 1.82) is 0 Å². The summed E-state index contributed by atoms with van der Waals surface area (Å²) in [6, 6.07) is 0.128. The molecule has 9 heteroatoms. The highest BCUT2D eigenvalue weighted by atomic mass is 127. The fourth-order valence-electron chi connectivity index (χ4n) is 2.76. The Kier molecular flexibility index (Phi) is 7.87. The summed E-state index contributed by atoms with van der Waals surface area (Å²) in [5, 5.41) is 5.42. The number of carbonyl (C=O) groups excluding carboxylic acids is 2. The highest BCUT2D eigenvalue weighted by Gasteiger charge is 2.27. The van der Waals surface area contributed by atoms with Crippen molar-refractivity contribution in [2.24, 2.45) is 10.7 Å². The van der Waals surface area contributed by atoms with E-state index in [1.807, 2.05) is 0 Å². The third kappa shape index (κ3) is 4.97. The molecule has 2 fully saturated rings. The summed E-state index contributed by atoms with van der Waals surface area (Å²) < 4.78 is 0. The van der Waals surface area contributed by atoms with Crippen LogP contribution in [0.3, 0.4) is 0 Å². The van der Waals surface area contributed by atoms with Gasteiger partial charge in [-0.2, -0.15) is 0 Å². The number of nitrogens with one attached hydrogen (secondary N) is 2. The van der Waals surface area contributed by atoms with E-state index in [-0.39, 0.29) is 42.5 Å². The zero-order valence-corrected chi connectivity index (χ0v) is 15.2. The van der Waals surface area contributed by atoms with Crippen LogP contribution in [0.5, 0.6) is 0 Å². The minimum Gasteiger partial charge on any atom is -0.370 e. The highest BCUT2D eigenvalue weighted by molar-refractivity contribution is 14.0. The number of likely N-dealkylation sites (tertiary alicyclic amines) is 1. The Hall–Kier alpha value is -1.10. The van der Waals surface area contributed by atoms with Gasteiger partial charge in [-0.25, -0.2) is 4.79 Å². The van der Waals surface area contributed by atoms with Crippen molar-refractivity contribution < 1.29 is 9.59 Å². The number of amides is 3. The molecule has 2 aliphatic heterocycles. The zero-order chi connectivity index (χ0) is 15.2. The van der Waals surface area contributed by atoms with Crippen LogP contribution in [0.15, 0.2) is 4.99 Å². The first kappa shape index (κ1) is 18.9. The third-order valence-electron chi connectivity index (χ3n) is 3.96. The number of hydrogen-bond acceptors (Lipinski definition) is 4. The van der Waals surface area contributed by atoms with E-state index < -0.39 is 0 Å². The lowest BCUT2D eigenvalue weighted by Gasteiger charge is -2.21. The summed E-state index contributed by atoms with van der Waals surface area (Å²) in [5.74, 6) is 0.159. The van der Waals surface area contributed by atoms with Crippen LogP contribution in [-0.2, 0) is 4.79 Å². The molecule has 2 aliphatic rings. The van der Waals surface area contributed by atoms with Crippen molar-refractivity contribution in [3.8, 4) is 0 Å². The van der Waals surface area contributed by atoms with Gasteiger partial charge in [0, 0.05) is 19.1 Å². The molecule has 1 unspecified atom stereocenters. The first-order valence-electron chi connectivity index (χ1n) is 7.48. The van der Waals surface area contributed by atoms with Gasteiger partial charge in [-0.3, -0.25) is 19.6 Å². The van der Waals surface area contributed by atoms with E-state index >= 15 is 0 Å². The molecular weight excluding hydrogens is 399 g/mol. The van der Waals surface area contributed by atoms with E-state index in [1.54, 1.807) is 0 Å². The number of nitrogens with two attached hydrogens (primary N) is 1. The number of urea groups is 1. The number of rotatable bonds is 6. The first-order valence-corrected chi connectivity index (χ1v) is 7.48. The molecular formula is C13H25IN6O2. The summed E-state index contributed by atoms with van der Waals surface area (Å²) in [7, 11) is 0. The van der Waals surface area contributed by atoms with E-state index in [9.17, 15) is 9.59 Å². The molecule has 4 N–H and O–H groups in total. The average Bonchev–Trinajstić information content (AvgIpc) is 3.05. The maximum atomic E-state index is 11.4. The molecule has 1 atom stereocenters. The summed E-state index contributed by atoms with van der Waals surface area (Å²) >= 11 is 0. The lowest BCUT2D eigenvalue weighted by molar-refractivity contribution is -0.124. The molecule has 0 aromatic heterocycles. The number of imide groups is 1. The van der Waals surface area contributed by atoms with Crippen LogP contribution in [0.2, 0.25) is 0 Å². The van der Waals surface area contributed by atoms with E-state index in [4.69, 9.17) is 5.73 Å². The predicted molar refractivity (Wildman–Crippen MR) is 95.3 cm³/mol. The summed E-state index contributed by atoms with van der Waals surface area (Å²) in [6.45, 7) is 5.81. The fourth-order valence-corrected chi connectivity index (χ4v) is 2.76. The van der Waals surface area contributed by atoms with E-state index in [1.165, 1.54) is 11.3 Å². The molecule has 3 amide bonds. The van der Waals surface area contributed by atoms with Crippen molar-refractivity contribution in [2.75, 3.05) is 39.3 Å². The predicted octanol–water partition coefficient (Wildman–Crippen LogP) is -0.455. The van der Waals surface area contributed by atoms with E-state index in [0.29, 0.717) is 31.6 Å². The Balaban J connectivity index is 0.00000242. The van der Waals surface area contributed by atoms with Crippen molar-refractivity contribution in [3.05, 3.63) is 0 Å². The number of guanidine groups is 1. The molecule has 0 spiro atoms. The number of aliphatic imine (C=N–C) groups is 1. The van der Waals surface area contributed by atoms with Crippen LogP contribution in [-0.4, -0.2) is 73.0 Å². The Labute approximate surface area is 147 Å². The van der Waals surface area contributed by atoms with Gasteiger partial charge in [-0.1, -0.05) is 6.92 Å². The van der Waals surface area contributed by atoms with Crippen LogP contribution in [0, 0.1) is 0 Å². The van der Waals surface area contributed by atoms with E-state index in [0.717, 1.165) is 19.5 Å². The van der Waals surface area contributed by atoms with Gasteiger partial charge in [0.15, 0.2) is 5.96 Å². The maximum absolute atomic E-state index is 11.4. The number of carbonyl (C=O) groups is 2. The van der Waals surface area contributed by atoms with Crippen molar-refractivity contribution in [1.82, 2.24) is 20.4 Å². The molecule has 0 radical (unpaired) electrons. The number of halogens is 1. The van der Waals surface area contributed by atoms with Crippen molar-refractivity contribution >= 4 is 41.9 Å². The smallest absolute Gasteiger partial charge is 0.324 e. The first-order chi connectivity index (χ1) is 10.1.